The van der Waals surface area contributed by atoms with Gasteiger partial charge in [-0.2, -0.15) is 0 Å². The first-order chi connectivity index (χ1) is 7.92. The predicted molar refractivity (Wildman–Crippen MR) is 68.7 cm³/mol. The van der Waals surface area contributed by atoms with Crippen LogP contribution in [0.4, 0.5) is 0 Å². The summed E-state index contributed by atoms with van der Waals surface area (Å²) in [6, 6.07) is 0. The van der Waals surface area contributed by atoms with Crippen molar-refractivity contribution in [1.29, 1.82) is 0 Å². The van der Waals surface area contributed by atoms with Gasteiger partial charge in [-0.15, -0.1) is 0 Å². The normalized spacial score (nSPS) is 11.8. The van der Waals surface area contributed by atoms with Gasteiger partial charge in [-0.1, -0.05) is 6.92 Å². The molecule has 0 aliphatic heterocycles. The minimum absolute atomic E-state index is 0.215. The maximum atomic E-state index is 11.8. The second kappa shape index (κ2) is 5.96. The Morgan fingerprint density at radius 3 is 2.82 bits per heavy atom. The lowest BCUT2D eigenvalue weighted by atomic mass is 9.97. The Bertz CT molecular complexity index is 363. The van der Waals surface area contributed by atoms with Crippen molar-refractivity contribution >= 4 is 5.78 Å². The van der Waals surface area contributed by atoms with Gasteiger partial charge in [0, 0.05) is 30.9 Å². The highest BCUT2D eigenvalue weighted by Gasteiger charge is 2.15. The topological polar surface area (TPSA) is 60.9 Å². The summed E-state index contributed by atoms with van der Waals surface area (Å²) in [6.45, 7) is 6.92. The largest absolute Gasteiger partial charge is 0.335 e. The minimum atomic E-state index is -0.269. The van der Waals surface area contributed by atoms with E-state index in [0.29, 0.717) is 12.8 Å². The summed E-state index contributed by atoms with van der Waals surface area (Å²) >= 11 is 0. The fraction of sp³-hybridized carbons (Fsp3) is 0.692. The highest BCUT2D eigenvalue weighted by atomic mass is 16.1. The van der Waals surface area contributed by atoms with Gasteiger partial charge in [0.05, 0.1) is 6.42 Å². The molecule has 0 unspecified atom stereocenters. The van der Waals surface area contributed by atoms with Crippen molar-refractivity contribution in [2.75, 3.05) is 0 Å². The number of hydrogen-bond donors (Lipinski definition) is 1. The van der Waals surface area contributed by atoms with E-state index in [2.05, 4.69) is 11.9 Å². The van der Waals surface area contributed by atoms with E-state index in [1.165, 1.54) is 0 Å². The molecule has 0 fully saturated rings. The fourth-order valence-electron chi connectivity index (χ4n) is 1.68. The third-order valence-corrected chi connectivity index (χ3v) is 2.67. The van der Waals surface area contributed by atoms with Gasteiger partial charge >= 0.3 is 0 Å². The van der Waals surface area contributed by atoms with Gasteiger partial charge in [-0.3, -0.25) is 4.79 Å². The zero-order valence-corrected chi connectivity index (χ0v) is 11.1. The first-order valence-corrected chi connectivity index (χ1v) is 6.23. The molecule has 0 radical (unpaired) electrons. The number of carbonyl (C=O) groups excluding carboxylic acids is 1. The number of ketones is 1. The first kappa shape index (κ1) is 13.9. The number of imidazole rings is 1. The van der Waals surface area contributed by atoms with Crippen molar-refractivity contribution in [2.45, 2.75) is 58.5 Å². The van der Waals surface area contributed by atoms with E-state index in [0.717, 1.165) is 25.2 Å². The molecule has 0 atom stereocenters. The molecule has 4 nitrogen and oxygen atoms in total. The summed E-state index contributed by atoms with van der Waals surface area (Å²) in [5.41, 5.74) is 5.59. The number of nitrogens with zero attached hydrogens (tertiary/aromatic N) is 2. The van der Waals surface area contributed by atoms with Crippen LogP contribution in [-0.2, 0) is 17.8 Å². The summed E-state index contributed by atoms with van der Waals surface area (Å²) in [4.78, 5) is 16.0. The molecule has 2 N–H and O–H groups in total. The average Bonchev–Trinajstić information content (AvgIpc) is 2.63. The van der Waals surface area contributed by atoms with Crippen LogP contribution >= 0.6 is 0 Å². The Morgan fingerprint density at radius 1 is 1.53 bits per heavy atom. The molecule has 1 aromatic heterocycles. The van der Waals surface area contributed by atoms with Crippen molar-refractivity contribution in [3.63, 3.8) is 0 Å². The van der Waals surface area contributed by atoms with Crippen molar-refractivity contribution < 1.29 is 4.79 Å². The number of aromatic nitrogens is 2. The number of Topliss-reactive ketones (excluding diaryl/α,β-unsaturated/α-hetero) is 1. The summed E-state index contributed by atoms with van der Waals surface area (Å²) in [5.74, 6) is 1.08. The lowest BCUT2D eigenvalue weighted by Crippen LogP contribution is -2.32. The Kier molecular flexibility index (Phi) is 4.87. The van der Waals surface area contributed by atoms with E-state index in [-0.39, 0.29) is 11.3 Å². The van der Waals surface area contributed by atoms with Crippen LogP contribution in [0.15, 0.2) is 12.4 Å². The summed E-state index contributed by atoms with van der Waals surface area (Å²) in [5, 5.41) is 0. The molecule has 4 heteroatoms. The summed E-state index contributed by atoms with van der Waals surface area (Å²) in [7, 11) is 0. The van der Waals surface area contributed by atoms with Crippen LogP contribution in [0.3, 0.4) is 0 Å². The predicted octanol–water partition coefficient (Wildman–Crippen LogP) is 1.92. The average molecular weight is 237 g/mol. The molecule has 1 heterocycles. The van der Waals surface area contributed by atoms with Crippen LogP contribution in [-0.4, -0.2) is 20.9 Å². The number of hydrogen-bond acceptors (Lipinski definition) is 3. The van der Waals surface area contributed by atoms with Crippen molar-refractivity contribution in [2.24, 2.45) is 5.73 Å². The molecule has 0 aliphatic carbocycles. The van der Waals surface area contributed by atoms with E-state index in [4.69, 9.17) is 5.73 Å². The smallest absolute Gasteiger partial charge is 0.140 e. The zero-order valence-electron chi connectivity index (χ0n) is 11.1. The molecule has 0 saturated heterocycles. The molecule has 0 bridgehead atoms. The Labute approximate surface area is 103 Å². The van der Waals surface area contributed by atoms with Gasteiger partial charge in [-0.25, -0.2) is 4.98 Å². The zero-order chi connectivity index (χ0) is 12.9. The number of nitrogens with two attached hydrogens (primary N) is 1. The highest BCUT2D eigenvalue weighted by molar-refractivity contribution is 5.80. The molecule has 0 amide bonds. The van der Waals surface area contributed by atoms with E-state index < -0.39 is 0 Å². The second-order valence-electron chi connectivity index (χ2n) is 5.24. The molecule has 0 spiro atoms. The van der Waals surface area contributed by atoms with Crippen LogP contribution in [0, 0.1) is 0 Å². The molecule has 0 aliphatic rings. The Hall–Kier alpha value is -1.16. The maximum absolute atomic E-state index is 11.8. The molecule has 0 aromatic carbocycles. The number of aryl methyl sites for hydroxylation is 1. The summed E-state index contributed by atoms with van der Waals surface area (Å²) in [6.07, 6.45) is 6.41. The quantitative estimate of drug-likeness (QED) is 0.788. The van der Waals surface area contributed by atoms with E-state index in [1.807, 2.05) is 24.6 Å². The van der Waals surface area contributed by atoms with Crippen LogP contribution in [0.5, 0.6) is 0 Å². The Morgan fingerprint density at radius 2 is 2.24 bits per heavy atom. The number of rotatable bonds is 7. The van der Waals surface area contributed by atoms with Gasteiger partial charge in [0.2, 0.25) is 0 Å². The van der Waals surface area contributed by atoms with Gasteiger partial charge in [0.25, 0.3) is 0 Å². The van der Waals surface area contributed by atoms with Crippen molar-refractivity contribution in [1.82, 2.24) is 9.55 Å². The highest BCUT2D eigenvalue weighted by Crippen LogP contribution is 2.10. The fourth-order valence-corrected chi connectivity index (χ4v) is 1.68. The SMILES string of the molecule is CCCn1ccnc1CC(=O)CCC(C)(C)N. The van der Waals surface area contributed by atoms with Crippen LogP contribution in [0.25, 0.3) is 0 Å². The lowest BCUT2D eigenvalue weighted by Gasteiger charge is -2.17. The second-order valence-corrected chi connectivity index (χ2v) is 5.24. The van der Waals surface area contributed by atoms with E-state index in [9.17, 15) is 4.79 Å². The molecular formula is C13H23N3O. The molecule has 1 rings (SSSR count). The van der Waals surface area contributed by atoms with Crippen molar-refractivity contribution in [3.05, 3.63) is 18.2 Å². The summed E-state index contributed by atoms with van der Waals surface area (Å²) < 4.78 is 2.05. The molecule has 0 saturated carbocycles. The van der Waals surface area contributed by atoms with E-state index >= 15 is 0 Å². The molecule has 17 heavy (non-hydrogen) atoms. The van der Waals surface area contributed by atoms with Gasteiger partial charge in [0.15, 0.2) is 0 Å². The van der Waals surface area contributed by atoms with E-state index in [1.54, 1.807) is 6.20 Å². The van der Waals surface area contributed by atoms with Crippen LogP contribution < -0.4 is 5.73 Å². The molecule has 96 valence electrons. The first-order valence-electron chi connectivity index (χ1n) is 6.23. The maximum Gasteiger partial charge on any atom is 0.140 e. The van der Waals surface area contributed by atoms with Gasteiger partial charge in [0.1, 0.15) is 11.6 Å². The molecular weight excluding hydrogens is 214 g/mol. The third-order valence-electron chi connectivity index (χ3n) is 2.67. The standard InChI is InChI=1S/C13H23N3O/c1-4-8-16-9-7-15-12(16)10-11(17)5-6-13(2,3)14/h7,9H,4-6,8,10,14H2,1-3H3. The van der Waals surface area contributed by atoms with Gasteiger partial charge < -0.3 is 10.3 Å². The number of carbonyl (C=O) groups is 1. The monoisotopic (exact) mass is 237 g/mol. The van der Waals surface area contributed by atoms with Crippen LogP contribution in [0.1, 0.15) is 45.9 Å². The Balaban J connectivity index is 2.47. The van der Waals surface area contributed by atoms with Crippen LogP contribution in [0.2, 0.25) is 0 Å². The lowest BCUT2D eigenvalue weighted by molar-refractivity contribution is -0.118. The van der Waals surface area contributed by atoms with Gasteiger partial charge in [-0.05, 0) is 26.7 Å². The molecule has 1 aromatic rings. The third kappa shape index (κ3) is 5.13. The van der Waals surface area contributed by atoms with Crippen molar-refractivity contribution in [3.8, 4) is 0 Å². The minimum Gasteiger partial charge on any atom is -0.335 e.